The molecule has 2 amide bonds. The number of nitrogens with one attached hydrogen (secondary N) is 1. The number of aromatic nitrogens is 2. The molecular weight excluding hydrogens is 368 g/mol. The number of carbonyl (C=O) groups is 2. The van der Waals surface area contributed by atoms with Gasteiger partial charge in [0.1, 0.15) is 17.1 Å². The van der Waals surface area contributed by atoms with Gasteiger partial charge in [-0.3, -0.25) is 4.79 Å². The summed E-state index contributed by atoms with van der Waals surface area (Å²) in [6, 6.07) is 5.07. The Morgan fingerprint density at radius 3 is 2.81 bits per heavy atom. The molecule has 27 heavy (non-hydrogen) atoms. The summed E-state index contributed by atoms with van der Waals surface area (Å²) < 4.78 is 5.30. The van der Waals surface area contributed by atoms with Gasteiger partial charge in [0.15, 0.2) is 0 Å². The maximum atomic E-state index is 12.9. The molecule has 2 heterocycles. The van der Waals surface area contributed by atoms with E-state index in [1.807, 2.05) is 20.8 Å². The number of nitrogens with zero attached hydrogens (tertiary/aromatic N) is 3. The Morgan fingerprint density at radius 2 is 2.07 bits per heavy atom. The average Bonchev–Trinajstić information content (AvgIpc) is 2.59. The molecule has 1 unspecified atom stereocenters. The summed E-state index contributed by atoms with van der Waals surface area (Å²) in [5.74, 6) is -0.0951. The summed E-state index contributed by atoms with van der Waals surface area (Å²) in [6.45, 7) is 6.55. The second-order valence-electron chi connectivity index (χ2n) is 7.63. The summed E-state index contributed by atoms with van der Waals surface area (Å²) in [5.41, 5.74) is 0.610. The molecule has 2 aromatic rings. The molecule has 1 aliphatic rings. The van der Waals surface area contributed by atoms with Crippen LogP contribution in [0.25, 0.3) is 10.9 Å². The van der Waals surface area contributed by atoms with Crippen LogP contribution >= 0.6 is 11.6 Å². The highest BCUT2D eigenvalue weighted by Crippen LogP contribution is 2.22. The summed E-state index contributed by atoms with van der Waals surface area (Å²) in [6.07, 6.45) is 2.54. The van der Waals surface area contributed by atoms with Gasteiger partial charge in [-0.1, -0.05) is 11.6 Å². The number of carbonyl (C=O) groups excluding carboxylic acids is 2. The Bertz CT molecular complexity index is 866. The minimum absolute atomic E-state index is 0.0951. The Morgan fingerprint density at radius 1 is 1.30 bits per heavy atom. The van der Waals surface area contributed by atoms with Crippen molar-refractivity contribution in [3.8, 4) is 0 Å². The second-order valence-corrected chi connectivity index (χ2v) is 7.99. The summed E-state index contributed by atoms with van der Waals surface area (Å²) >= 11 is 6.05. The molecule has 1 aromatic heterocycles. The first kappa shape index (κ1) is 19.4. The fraction of sp³-hybridized carbons (Fsp3) is 0.474. The number of fused-ring (bicyclic) bond motifs is 1. The molecule has 0 radical (unpaired) electrons. The Labute approximate surface area is 163 Å². The lowest BCUT2D eigenvalue weighted by molar-refractivity contribution is 0.0452. The number of likely N-dealkylation sites (tertiary alicyclic amines) is 1. The third-order valence-corrected chi connectivity index (χ3v) is 4.57. The largest absolute Gasteiger partial charge is 0.444 e. The van der Waals surface area contributed by atoms with Gasteiger partial charge in [0.2, 0.25) is 0 Å². The highest BCUT2D eigenvalue weighted by atomic mass is 35.5. The van der Waals surface area contributed by atoms with Gasteiger partial charge >= 0.3 is 6.09 Å². The molecule has 3 rings (SSSR count). The number of hydrogen-bond donors (Lipinski definition) is 1. The summed E-state index contributed by atoms with van der Waals surface area (Å²) in [4.78, 5) is 34.7. The number of ether oxygens (including phenoxy) is 1. The van der Waals surface area contributed by atoms with Crippen molar-refractivity contribution in [3.63, 3.8) is 0 Å². The minimum atomic E-state index is -0.553. The fourth-order valence-corrected chi connectivity index (χ4v) is 3.30. The topological polar surface area (TPSA) is 84.4 Å². The van der Waals surface area contributed by atoms with E-state index in [1.54, 1.807) is 23.1 Å². The van der Waals surface area contributed by atoms with E-state index < -0.39 is 11.7 Å². The number of rotatable bonds is 2. The van der Waals surface area contributed by atoms with Gasteiger partial charge in [-0.15, -0.1) is 0 Å². The van der Waals surface area contributed by atoms with Gasteiger partial charge in [0, 0.05) is 30.1 Å². The van der Waals surface area contributed by atoms with Crippen LogP contribution in [0.4, 0.5) is 4.79 Å². The van der Waals surface area contributed by atoms with E-state index in [9.17, 15) is 9.59 Å². The first-order valence-corrected chi connectivity index (χ1v) is 9.30. The molecule has 0 saturated carbocycles. The Balaban J connectivity index is 1.69. The van der Waals surface area contributed by atoms with Gasteiger partial charge < -0.3 is 15.0 Å². The fourth-order valence-electron chi connectivity index (χ4n) is 3.09. The van der Waals surface area contributed by atoms with E-state index in [-0.39, 0.29) is 11.9 Å². The molecule has 1 atom stereocenters. The van der Waals surface area contributed by atoms with Gasteiger partial charge in [0.25, 0.3) is 5.91 Å². The van der Waals surface area contributed by atoms with E-state index in [4.69, 9.17) is 16.3 Å². The molecule has 1 saturated heterocycles. The predicted molar refractivity (Wildman–Crippen MR) is 103 cm³/mol. The molecule has 7 nitrogen and oxygen atoms in total. The van der Waals surface area contributed by atoms with Gasteiger partial charge in [-0.2, -0.15) is 0 Å². The lowest BCUT2D eigenvalue weighted by Gasteiger charge is -2.33. The van der Waals surface area contributed by atoms with Crippen molar-refractivity contribution in [2.24, 2.45) is 0 Å². The van der Waals surface area contributed by atoms with Crippen molar-refractivity contribution in [1.29, 1.82) is 0 Å². The van der Waals surface area contributed by atoms with E-state index in [0.717, 1.165) is 12.8 Å². The van der Waals surface area contributed by atoms with E-state index in [2.05, 4.69) is 15.3 Å². The average molecular weight is 391 g/mol. The molecule has 1 fully saturated rings. The van der Waals surface area contributed by atoms with Crippen LogP contribution in [0.1, 0.15) is 44.0 Å². The molecule has 144 valence electrons. The number of alkyl carbamates (subject to hydrolysis) is 1. The van der Waals surface area contributed by atoms with Crippen molar-refractivity contribution in [2.45, 2.75) is 45.3 Å². The first-order valence-electron chi connectivity index (χ1n) is 8.92. The lowest BCUT2D eigenvalue weighted by Crippen LogP contribution is -2.50. The smallest absolute Gasteiger partial charge is 0.407 e. The number of hydrogen-bond acceptors (Lipinski definition) is 5. The van der Waals surface area contributed by atoms with E-state index in [1.165, 1.54) is 6.33 Å². The van der Waals surface area contributed by atoms with E-state index >= 15 is 0 Å². The van der Waals surface area contributed by atoms with Crippen LogP contribution in [0.5, 0.6) is 0 Å². The lowest BCUT2D eigenvalue weighted by atomic mass is 10.0. The summed E-state index contributed by atoms with van der Waals surface area (Å²) in [5, 5.41) is 3.92. The van der Waals surface area contributed by atoms with Crippen molar-refractivity contribution in [2.75, 3.05) is 13.1 Å². The number of halogens is 1. The molecule has 1 aromatic carbocycles. The van der Waals surface area contributed by atoms with Crippen molar-refractivity contribution < 1.29 is 14.3 Å². The van der Waals surface area contributed by atoms with Crippen LogP contribution in [0.2, 0.25) is 5.15 Å². The Hall–Kier alpha value is -2.41. The van der Waals surface area contributed by atoms with Gasteiger partial charge in [-0.25, -0.2) is 14.8 Å². The zero-order valence-corrected chi connectivity index (χ0v) is 16.4. The summed E-state index contributed by atoms with van der Waals surface area (Å²) in [7, 11) is 0. The second kappa shape index (κ2) is 7.68. The van der Waals surface area contributed by atoms with Crippen LogP contribution in [0, 0.1) is 0 Å². The maximum Gasteiger partial charge on any atom is 0.407 e. The molecule has 1 aliphatic heterocycles. The number of benzene rings is 1. The van der Waals surface area contributed by atoms with Crippen molar-refractivity contribution in [1.82, 2.24) is 20.2 Å². The normalized spacial score (nSPS) is 17.6. The number of amides is 2. The highest BCUT2D eigenvalue weighted by molar-refractivity contribution is 6.34. The van der Waals surface area contributed by atoms with Gasteiger partial charge in [0.05, 0.1) is 5.52 Å². The van der Waals surface area contributed by atoms with Crippen molar-refractivity contribution >= 4 is 34.5 Å². The quantitative estimate of drug-likeness (QED) is 0.794. The standard InChI is InChI=1S/C19H23ClN4O3/c1-19(2,3)27-18(26)23-13-5-4-8-24(10-13)17(25)12-6-7-14-15(9-12)21-11-22-16(14)20/h6-7,9,11,13H,4-5,8,10H2,1-3H3,(H,23,26). The third kappa shape index (κ3) is 4.86. The monoisotopic (exact) mass is 390 g/mol. The van der Waals surface area contributed by atoms with Crippen LogP contribution < -0.4 is 5.32 Å². The molecule has 0 bridgehead atoms. The molecule has 8 heteroatoms. The molecule has 0 spiro atoms. The minimum Gasteiger partial charge on any atom is -0.444 e. The van der Waals surface area contributed by atoms with Crippen LogP contribution in [0.3, 0.4) is 0 Å². The first-order chi connectivity index (χ1) is 12.7. The zero-order chi connectivity index (χ0) is 19.6. The Kier molecular flexibility index (Phi) is 5.51. The SMILES string of the molecule is CC(C)(C)OC(=O)NC1CCCN(C(=O)c2ccc3c(Cl)ncnc3c2)C1. The van der Waals surface area contributed by atoms with Crippen LogP contribution in [-0.2, 0) is 4.74 Å². The predicted octanol–water partition coefficient (Wildman–Crippen LogP) is 3.41. The van der Waals surface area contributed by atoms with E-state index in [0.29, 0.717) is 34.7 Å². The molecular formula is C19H23ClN4O3. The van der Waals surface area contributed by atoms with Crippen molar-refractivity contribution in [3.05, 3.63) is 35.2 Å². The zero-order valence-electron chi connectivity index (χ0n) is 15.7. The van der Waals surface area contributed by atoms with Gasteiger partial charge in [-0.05, 0) is 51.8 Å². The molecule has 0 aliphatic carbocycles. The highest BCUT2D eigenvalue weighted by Gasteiger charge is 2.27. The number of piperidine rings is 1. The van der Waals surface area contributed by atoms with Crippen LogP contribution in [-0.4, -0.2) is 51.6 Å². The molecule has 1 N–H and O–H groups in total. The third-order valence-electron chi connectivity index (χ3n) is 4.26. The maximum absolute atomic E-state index is 12.9. The van der Waals surface area contributed by atoms with Crippen LogP contribution in [0.15, 0.2) is 24.5 Å².